The van der Waals surface area contributed by atoms with Crippen molar-refractivity contribution < 1.29 is 4.74 Å². The molecule has 20 heavy (non-hydrogen) atoms. The number of nitrogens with zero attached hydrogens (tertiary/aromatic N) is 2. The second kappa shape index (κ2) is 8.25. The van der Waals surface area contributed by atoms with Crippen molar-refractivity contribution in [2.75, 3.05) is 36.3 Å². The number of ether oxygens (including phenoxy) is 1. The van der Waals surface area contributed by atoms with Crippen LogP contribution in [0.1, 0.15) is 27.2 Å². The Morgan fingerprint density at radius 1 is 1.40 bits per heavy atom. The average Bonchev–Trinajstić information content (AvgIpc) is 2.43. The van der Waals surface area contributed by atoms with Crippen molar-refractivity contribution in [3.8, 4) is 5.88 Å². The number of aromatic nitrogens is 1. The SMILES string of the molecule is CCC(CSC)N(C)c1ccc(N)c(OCC(C)C)n1. The van der Waals surface area contributed by atoms with Crippen molar-refractivity contribution in [3.63, 3.8) is 0 Å². The molecule has 1 atom stereocenters. The Kier molecular flexibility index (Phi) is 6.99. The molecule has 0 aliphatic carbocycles. The zero-order valence-electron chi connectivity index (χ0n) is 13.2. The molecular weight excluding hydrogens is 270 g/mol. The lowest BCUT2D eigenvalue weighted by Crippen LogP contribution is -2.33. The first-order valence-electron chi connectivity index (χ1n) is 7.10. The Bertz CT molecular complexity index is 412. The van der Waals surface area contributed by atoms with Gasteiger partial charge in [-0.3, -0.25) is 0 Å². The molecule has 0 saturated carbocycles. The highest BCUT2D eigenvalue weighted by atomic mass is 32.2. The number of rotatable bonds is 8. The Morgan fingerprint density at radius 3 is 2.65 bits per heavy atom. The number of anilines is 2. The maximum atomic E-state index is 5.93. The van der Waals surface area contributed by atoms with Gasteiger partial charge in [0.1, 0.15) is 5.82 Å². The minimum Gasteiger partial charge on any atom is -0.476 e. The molecule has 2 N–H and O–H groups in total. The summed E-state index contributed by atoms with van der Waals surface area (Å²) in [6.07, 6.45) is 3.22. The molecule has 0 bridgehead atoms. The van der Waals surface area contributed by atoms with E-state index in [9.17, 15) is 0 Å². The summed E-state index contributed by atoms with van der Waals surface area (Å²) in [7, 11) is 2.08. The van der Waals surface area contributed by atoms with Gasteiger partial charge in [-0.1, -0.05) is 20.8 Å². The molecule has 0 aliphatic heterocycles. The Morgan fingerprint density at radius 2 is 2.10 bits per heavy atom. The predicted octanol–water partition coefficient (Wildman–Crippen LogP) is 3.28. The summed E-state index contributed by atoms with van der Waals surface area (Å²) >= 11 is 1.85. The Labute approximate surface area is 127 Å². The lowest BCUT2D eigenvalue weighted by Gasteiger charge is -2.28. The van der Waals surface area contributed by atoms with Gasteiger partial charge in [0.05, 0.1) is 12.3 Å². The first-order chi connectivity index (χ1) is 9.49. The van der Waals surface area contributed by atoms with Crippen molar-refractivity contribution in [2.45, 2.75) is 33.2 Å². The molecule has 0 fully saturated rings. The van der Waals surface area contributed by atoms with Crippen LogP contribution in [0.25, 0.3) is 0 Å². The van der Waals surface area contributed by atoms with Gasteiger partial charge >= 0.3 is 0 Å². The number of hydrogen-bond acceptors (Lipinski definition) is 5. The average molecular weight is 297 g/mol. The van der Waals surface area contributed by atoms with Gasteiger partial charge < -0.3 is 15.4 Å². The molecule has 1 heterocycles. The van der Waals surface area contributed by atoms with E-state index in [-0.39, 0.29) is 0 Å². The molecule has 114 valence electrons. The minimum absolute atomic E-state index is 0.456. The topological polar surface area (TPSA) is 51.4 Å². The predicted molar refractivity (Wildman–Crippen MR) is 89.8 cm³/mol. The Hall–Kier alpha value is -1.10. The highest BCUT2D eigenvalue weighted by Gasteiger charge is 2.15. The number of hydrogen-bond donors (Lipinski definition) is 1. The first-order valence-corrected chi connectivity index (χ1v) is 8.50. The van der Waals surface area contributed by atoms with E-state index >= 15 is 0 Å². The number of nitrogens with two attached hydrogens (primary N) is 1. The quantitative estimate of drug-likeness (QED) is 0.798. The molecule has 1 aromatic rings. The molecule has 4 nitrogen and oxygen atoms in total. The van der Waals surface area contributed by atoms with Crippen LogP contribution in [0, 0.1) is 5.92 Å². The second-order valence-electron chi connectivity index (χ2n) is 5.40. The fourth-order valence-corrected chi connectivity index (χ4v) is 2.73. The van der Waals surface area contributed by atoms with Crippen LogP contribution in [-0.2, 0) is 0 Å². The smallest absolute Gasteiger partial charge is 0.239 e. The number of thioether (sulfide) groups is 1. The van der Waals surface area contributed by atoms with Crippen molar-refractivity contribution in [1.82, 2.24) is 4.98 Å². The van der Waals surface area contributed by atoms with E-state index in [2.05, 4.69) is 44.0 Å². The zero-order chi connectivity index (χ0) is 15.1. The first kappa shape index (κ1) is 17.0. The van der Waals surface area contributed by atoms with E-state index in [1.165, 1.54) is 0 Å². The summed E-state index contributed by atoms with van der Waals surface area (Å²) in [4.78, 5) is 6.77. The van der Waals surface area contributed by atoms with Crippen LogP contribution in [0.2, 0.25) is 0 Å². The van der Waals surface area contributed by atoms with Crippen LogP contribution < -0.4 is 15.4 Å². The summed E-state index contributed by atoms with van der Waals surface area (Å²) in [6, 6.07) is 4.31. The fraction of sp³-hybridized carbons (Fsp3) is 0.667. The van der Waals surface area contributed by atoms with E-state index < -0.39 is 0 Å². The number of pyridine rings is 1. The molecule has 5 heteroatoms. The van der Waals surface area contributed by atoms with Crippen LogP contribution >= 0.6 is 11.8 Å². The van der Waals surface area contributed by atoms with Crippen molar-refractivity contribution >= 4 is 23.3 Å². The van der Waals surface area contributed by atoms with E-state index in [4.69, 9.17) is 10.5 Å². The van der Waals surface area contributed by atoms with E-state index in [0.717, 1.165) is 18.0 Å². The van der Waals surface area contributed by atoms with Gasteiger partial charge in [-0.25, -0.2) is 0 Å². The van der Waals surface area contributed by atoms with Gasteiger partial charge in [0, 0.05) is 18.8 Å². The van der Waals surface area contributed by atoms with Gasteiger partial charge in [0.25, 0.3) is 0 Å². The van der Waals surface area contributed by atoms with Gasteiger partial charge in [-0.05, 0) is 30.7 Å². The van der Waals surface area contributed by atoms with E-state index in [0.29, 0.717) is 30.1 Å². The molecule has 1 unspecified atom stereocenters. The molecule has 0 radical (unpaired) electrons. The molecule has 0 spiro atoms. The van der Waals surface area contributed by atoms with Crippen LogP contribution in [0.15, 0.2) is 12.1 Å². The molecule has 0 aliphatic rings. The summed E-state index contributed by atoms with van der Waals surface area (Å²) in [5.41, 5.74) is 6.53. The third-order valence-corrected chi connectivity index (χ3v) is 3.89. The van der Waals surface area contributed by atoms with Crippen LogP contribution in [0.5, 0.6) is 5.88 Å². The van der Waals surface area contributed by atoms with Crippen molar-refractivity contribution in [1.29, 1.82) is 0 Å². The fourth-order valence-electron chi connectivity index (χ4n) is 1.88. The number of nitrogen functional groups attached to an aromatic ring is 1. The zero-order valence-corrected chi connectivity index (χ0v) is 14.0. The standard InChI is InChI=1S/C15H27N3OS/c1-6-12(10-20-5)18(4)14-8-7-13(16)15(17-14)19-9-11(2)3/h7-8,11-12H,6,9-10,16H2,1-5H3. The highest BCUT2D eigenvalue weighted by molar-refractivity contribution is 7.98. The van der Waals surface area contributed by atoms with Crippen molar-refractivity contribution in [2.24, 2.45) is 5.92 Å². The summed E-state index contributed by atoms with van der Waals surface area (Å²) in [5, 5.41) is 0. The van der Waals surface area contributed by atoms with E-state index in [1.807, 2.05) is 23.9 Å². The lowest BCUT2D eigenvalue weighted by atomic mass is 10.2. The van der Waals surface area contributed by atoms with Crippen LogP contribution in [0.3, 0.4) is 0 Å². The molecule has 0 saturated heterocycles. The Balaban J connectivity index is 2.87. The van der Waals surface area contributed by atoms with Crippen LogP contribution in [-0.4, -0.2) is 36.7 Å². The summed E-state index contributed by atoms with van der Waals surface area (Å²) in [5.74, 6) is 3.00. The molecule has 1 aromatic heterocycles. The maximum Gasteiger partial charge on any atom is 0.239 e. The second-order valence-corrected chi connectivity index (χ2v) is 6.31. The van der Waals surface area contributed by atoms with Gasteiger partial charge in [0.15, 0.2) is 0 Å². The summed E-state index contributed by atoms with van der Waals surface area (Å²) in [6.45, 7) is 7.05. The lowest BCUT2D eigenvalue weighted by molar-refractivity contribution is 0.263. The highest BCUT2D eigenvalue weighted by Crippen LogP contribution is 2.25. The molecular formula is C15H27N3OS. The molecule has 0 amide bonds. The summed E-state index contributed by atoms with van der Waals surface area (Å²) < 4.78 is 5.69. The van der Waals surface area contributed by atoms with E-state index in [1.54, 1.807) is 0 Å². The maximum absolute atomic E-state index is 5.93. The molecule has 1 rings (SSSR count). The van der Waals surface area contributed by atoms with Crippen LogP contribution in [0.4, 0.5) is 11.5 Å². The minimum atomic E-state index is 0.456. The monoisotopic (exact) mass is 297 g/mol. The third kappa shape index (κ3) is 4.78. The normalized spacial score (nSPS) is 12.5. The van der Waals surface area contributed by atoms with Gasteiger partial charge in [-0.2, -0.15) is 16.7 Å². The van der Waals surface area contributed by atoms with Gasteiger partial charge in [0.2, 0.25) is 5.88 Å². The van der Waals surface area contributed by atoms with Crippen molar-refractivity contribution in [3.05, 3.63) is 12.1 Å². The molecule has 0 aromatic carbocycles. The largest absolute Gasteiger partial charge is 0.476 e. The van der Waals surface area contributed by atoms with Gasteiger partial charge in [-0.15, -0.1) is 0 Å². The third-order valence-electron chi connectivity index (χ3n) is 3.17.